The molecule has 32 heavy (non-hydrogen) atoms. The van der Waals surface area contributed by atoms with E-state index in [2.05, 4.69) is 10.5 Å². The zero-order valence-corrected chi connectivity index (χ0v) is 18.3. The minimum Gasteiger partial charge on any atom is -0.506 e. The first kappa shape index (κ1) is 21.3. The van der Waals surface area contributed by atoms with Gasteiger partial charge in [0.15, 0.2) is 0 Å². The van der Waals surface area contributed by atoms with E-state index in [1.807, 2.05) is 73.6 Å². The summed E-state index contributed by atoms with van der Waals surface area (Å²) in [5.41, 5.74) is 7.36. The maximum absolute atomic E-state index is 12.4. The molecule has 0 aliphatic rings. The number of fused-ring (bicyclic) bond motifs is 1. The summed E-state index contributed by atoms with van der Waals surface area (Å²) in [6, 6.07) is 22.1. The molecule has 0 atom stereocenters. The first-order valence-corrected chi connectivity index (χ1v) is 10.3. The van der Waals surface area contributed by atoms with Crippen LogP contribution in [0.25, 0.3) is 22.2 Å². The Morgan fingerprint density at radius 3 is 2.53 bits per heavy atom. The van der Waals surface area contributed by atoms with Gasteiger partial charge in [-0.3, -0.25) is 4.79 Å². The minimum atomic E-state index is -0.430. The zero-order chi connectivity index (χ0) is 22.7. The van der Waals surface area contributed by atoms with Crippen LogP contribution in [0.1, 0.15) is 15.9 Å². The fourth-order valence-corrected chi connectivity index (χ4v) is 3.44. The van der Waals surface area contributed by atoms with Crippen molar-refractivity contribution in [2.45, 2.75) is 0 Å². The van der Waals surface area contributed by atoms with Crippen LogP contribution in [0, 0.1) is 0 Å². The molecule has 3 aromatic carbocycles. The predicted octanol–water partition coefficient (Wildman–Crippen LogP) is 5.09. The number of hydrogen-bond donors (Lipinski definition) is 2. The predicted molar refractivity (Wildman–Crippen MR) is 130 cm³/mol. The fraction of sp³-hybridized carbons (Fsp3) is 0.0800. The van der Waals surface area contributed by atoms with Gasteiger partial charge < -0.3 is 10.0 Å². The molecule has 160 valence electrons. The topological polar surface area (TPSA) is 77.8 Å². The van der Waals surface area contributed by atoms with Gasteiger partial charge in [0.1, 0.15) is 5.75 Å². The third kappa shape index (κ3) is 4.55. The van der Waals surface area contributed by atoms with Crippen molar-refractivity contribution >= 4 is 40.3 Å². The van der Waals surface area contributed by atoms with Crippen LogP contribution in [-0.2, 0) is 0 Å². The number of benzene rings is 3. The van der Waals surface area contributed by atoms with Crippen molar-refractivity contribution in [3.63, 3.8) is 0 Å². The maximum Gasteiger partial charge on any atom is 0.271 e. The number of nitrogens with zero attached hydrogens (tertiary/aromatic N) is 3. The largest absolute Gasteiger partial charge is 0.506 e. The number of pyridine rings is 1. The van der Waals surface area contributed by atoms with Crippen LogP contribution < -0.4 is 10.3 Å². The van der Waals surface area contributed by atoms with Gasteiger partial charge in [-0.2, -0.15) is 5.10 Å². The van der Waals surface area contributed by atoms with Gasteiger partial charge in [0.05, 0.1) is 22.4 Å². The Balaban J connectivity index is 1.64. The summed E-state index contributed by atoms with van der Waals surface area (Å²) in [4.78, 5) is 19.2. The van der Waals surface area contributed by atoms with E-state index in [1.165, 1.54) is 18.2 Å². The van der Waals surface area contributed by atoms with Gasteiger partial charge in [0.2, 0.25) is 0 Å². The third-order valence-corrected chi connectivity index (χ3v) is 5.31. The van der Waals surface area contributed by atoms with Gasteiger partial charge in [0.25, 0.3) is 5.91 Å². The number of halogens is 1. The second-order valence-corrected chi connectivity index (χ2v) is 7.83. The van der Waals surface area contributed by atoms with Crippen molar-refractivity contribution in [2.24, 2.45) is 5.10 Å². The number of nitrogens with one attached hydrogen (secondary N) is 1. The summed E-state index contributed by atoms with van der Waals surface area (Å²) in [6.07, 6.45) is 1.60. The van der Waals surface area contributed by atoms with E-state index >= 15 is 0 Å². The van der Waals surface area contributed by atoms with Crippen LogP contribution in [0.15, 0.2) is 77.9 Å². The maximum atomic E-state index is 12.4. The van der Waals surface area contributed by atoms with E-state index in [1.54, 1.807) is 6.21 Å². The Morgan fingerprint density at radius 1 is 1.06 bits per heavy atom. The van der Waals surface area contributed by atoms with E-state index in [9.17, 15) is 9.90 Å². The number of aromatic nitrogens is 1. The summed E-state index contributed by atoms with van der Waals surface area (Å²) < 4.78 is 0. The first-order chi connectivity index (χ1) is 15.4. The molecule has 0 radical (unpaired) electrons. The Labute approximate surface area is 190 Å². The zero-order valence-electron chi connectivity index (χ0n) is 17.6. The molecule has 1 amide bonds. The molecular formula is C25H21ClN4O2. The molecule has 0 aliphatic carbocycles. The lowest BCUT2D eigenvalue weighted by Gasteiger charge is -2.13. The molecule has 7 heteroatoms. The standard InChI is InChI=1S/C25H21ClN4O2/c1-30(2)19-10-7-16(8-11-19)23-14-18(20-5-3-4-6-22(20)28-23)15-27-29-25(32)17-9-12-24(31)21(26)13-17/h3-15,31H,1-2H3,(H,29,32). The number of amides is 1. The van der Waals surface area contributed by atoms with Crippen LogP contribution in [0.4, 0.5) is 5.69 Å². The summed E-state index contributed by atoms with van der Waals surface area (Å²) in [5.74, 6) is -0.512. The van der Waals surface area contributed by atoms with E-state index in [0.29, 0.717) is 5.56 Å². The molecular weight excluding hydrogens is 424 g/mol. The quantitative estimate of drug-likeness (QED) is 0.332. The van der Waals surface area contributed by atoms with Crippen molar-refractivity contribution in [1.82, 2.24) is 10.4 Å². The van der Waals surface area contributed by atoms with Crippen molar-refractivity contribution < 1.29 is 9.90 Å². The summed E-state index contributed by atoms with van der Waals surface area (Å²) in [5, 5.41) is 14.7. The Morgan fingerprint density at radius 2 is 1.81 bits per heavy atom. The SMILES string of the molecule is CN(C)c1ccc(-c2cc(C=NNC(=O)c3ccc(O)c(Cl)c3)c3ccccc3n2)cc1. The van der Waals surface area contributed by atoms with Gasteiger partial charge in [-0.1, -0.05) is 41.9 Å². The van der Waals surface area contributed by atoms with Crippen molar-refractivity contribution in [3.05, 3.63) is 88.9 Å². The number of para-hydroxylation sites is 1. The second-order valence-electron chi connectivity index (χ2n) is 7.42. The molecule has 6 nitrogen and oxygen atoms in total. The molecule has 0 saturated heterocycles. The molecule has 1 heterocycles. The molecule has 0 saturated carbocycles. The number of phenolic OH excluding ortho intramolecular Hbond substituents is 1. The molecule has 0 fully saturated rings. The van der Waals surface area contributed by atoms with Crippen molar-refractivity contribution in [3.8, 4) is 17.0 Å². The lowest BCUT2D eigenvalue weighted by Crippen LogP contribution is -2.17. The average Bonchev–Trinajstić information content (AvgIpc) is 2.80. The number of phenols is 1. The summed E-state index contributed by atoms with van der Waals surface area (Å²) in [7, 11) is 4.00. The lowest BCUT2D eigenvalue weighted by molar-refractivity contribution is 0.0955. The molecule has 0 unspecified atom stereocenters. The third-order valence-electron chi connectivity index (χ3n) is 5.01. The molecule has 0 aliphatic heterocycles. The number of hydrogen-bond acceptors (Lipinski definition) is 5. The van der Waals surface area contributed by atoms with Gasteiger partial charge >= 0.3 is 0 Å². The molecule has 2 N–H and O–H groups in total. The summed E-state index contributed by atoms with van der Waals surface area (Å²) >= 11 is 5.88. The van der Waals surface area contributed by atoms with Gasteiger partial charge in [-0.15, -0.1) is 0 Å². The van der Waals surface area contributed by atoms with E-state index in [4.69, 9.17) is 16.6 Å². The Hall–Kier alpha value is -3.90. The van der Waals surface area contributed by atoms with Gasteiger partial charge in [0, 0.05) is 41.9 Å². The Kier molecular flexibility index (Phi) is 6.05. The fourth-order valence-electron chi connectivity index (χ4n) is 3.26. The first-order valence-electron chi connectivity index (χ1n) is 9.92. The number of hydrazone groups is 1. The highest BCUT2D eigenvalue weighted by Crippen LogP contribution is 2.26. The normalized spacial score (nSPS) is 11.1. The van der Waals surface area contributed by atoms with Crippen LogP contribution in [0.5, 0.6) is 5.75 Å². The van der Waals surface area contributed by atoms with E-state index < -0.39 is 5.91 Å². The molecule has 4 rings (SSSR count). The monoisotopic (exact) mass is 444 g/mol. The second kappa shape index (κ2) is 9.08. The number of carbonyl (C=O) groups is 1. The van der Waals surface area contributed by atoms with Crippen LogP contribution in [-0.4, -0.2) is 36.3 Å². The smallest absolute Gasteiger partial charge is 0.271 e. The van der Waals surface area contributed by atoms with Gasteiger partial charge in [-0.25, -0.2) is 10.4 Å². The van der Waals surface area contributed by atoms with E-state index in [-0.39, 0.29) is 10.8 Å². The van der Waals surface area contributed by atoms with Gasteiger partial charge in [-0.05, 0) is 42.5 Å². The molecule has 4 aromatic rings. The van der Waals surface area contributed by atoms with Crippen LogP contribution in [0.3, 0.4) is 0 Å². The number of aromatic hydroxyl groups is 1. The number of rotatable bonds is 5. The molecule has 0 bridgehead atoms. The van der Waals surface area contributed by atoms with Crippen molar-refractivity contribution in [2.75, 3.05) is 19.0 Å². The molecule has 0 spiro atoms. The minimum absolute atomic E-state index is 0.0823. The van der Waals surface area contributed by atoms with Crippen LogP contribution >= 0.6 is 11.6 Å². The number of carbonyl (C=O) groups excluding carboxylic acids is 1. The summed E-state index contributed by atoms with van der Waals surface area (Å²) in [6.45, 7) is 0. The highest BCUT2D eigenvalue weighted by Gasteiger charge is 2.09. The number of anilines is 1. The highest BCUT2D eigenvalue weighted by molar-refractivity contribution is 6.32. The molecule has 1 aromatic heterocycles. The lowest BCUT2D eigenvalue weighted by atomic mass is 10.0. The van der Waals surface area contributed by atoms with Crippen molar-refractivity contribution in [1.29, 1.82) is 0 Å². The van der Waals surface area contributed by atoms with Crippen LogP contribution in [0.2, 0.25) is 5.02 Å². The van der Waals surface area contributed by atoms with E-state index in [0.717, 1.165) is 33.4 Å². The highest BCUT2D eigenvalue weighted by atomic mass is 35.5. The average molecular weight is 445 g/mol. The Bertz CT molecular complexity index is 1320.